The second-order valence-electron chi connectivity index (χ2n) is 6.32. The second-order valence-corrected chi connectivity index (χ2v) is 9.36. The molecule has 140 valence electrons. The summed E-state index contributed by atoms with van der Waals surface area (Å²) >= 11 is 1.60. The Kier molecular flexibility index (Phi) is 4.70. The number of thiazole rings is 1. The van der Waals surface area contributed by atoms with Gasteiger partial charge in [-0.2, -0.15) is 0 Å². The zero-order valence-corrected chi connectivity index (χ0v) is 16.5. The van der Waals surface area contributed by atoms with Crippen LogP contribution in [0.15, 0.2) is 77.7 Å². The summed E-state index contributed by atoms with van der Waals surface area (Å²) in [7, 11) is -3.29. The first-order valence-electron chi connectivity index (χ1n) is 8.48. The summed E-state index contributed by atoms with van der Waals surface area (Å²) in [6, 6.07) is 21.3. The average molecular weight is 409 g/mol. The molecule has 0 spiro atoms. The van der Waals surface area contributed by atoms with Gasteiger partial charge in [0.05, 0.1) is 15.1 Å². The van der Waals surface area contributed by atoms with Crippen LogP contribution in [0.3, 0.4) is 0 Å². The quantitative estimate of drug-likeness (QED) is 0.535. The third-order valence-electron chi connectivity index (χ3n) is 4.21. The number of carbonyl (C=O) groups excluding carboxylic acids is 1. The number of nitrogens with zero attached hydrogens (tertiary/aromatic N) is 1. The van der Waals surface area contributed by atoms with Crippen molar-refractivity contribution in [2.45, 2.75) is 4.90 Å². The minimum Gasteiger partial charge on any atom is -0.322 e. The van der Waals surface area contributed by atoms with E-state index in [4.69, 9.17) is 0 Å². The molecule has 0 saturated heterocycles. The third-order valence-corrected chi connectivity index (χ3v) is 6.42. The van der Waals surface area contributed by atoms with Crippen molar-refractivity contribution in [1.29, 1.82) is 0 Å². The van der Waals surface area contributed by atoms with Gasteiger partial charge in [0, 0.05) is 23.1 Å². The van der Waals surface area contributed by atoms with Gasteiger partial charge in [0.25, 0.3) is 5.91 Å². The highest BCUT2D eigenvalue weighted by molar-refractivity contribution is 7.90. The minimum atomic E-state index is -3.29. The number of hydrogen-bond donors (Lipinski definition) is 1. The molecule has 0 radical (unpaired) electrons. The first-order chi connectivity index (χ1) is 13.4. The number of amides is 1. The van der Waals surface area contributed by atoms with Crippen LogP contribution in [-0.4, -0.2) is 25.6 Å². The molecule has 0 aliphatic heterocycles. The van der Waals surface area contributed by atoms with Crippen LogP contribution >= 0.6 is 11.3 Å². The van der Waals surface area contributed by atoms with E-state index in [0.29, 0.717) is 11.3 Å². The van der Waals surface area contributed by atoms with Gasteiger partial charge in [0.15, 0.2) is 9.84 Å². The Morgan fingerprint density at radius 2 is 1.71 bits per heavy atom. The lowest BCUT2D eigenvalue weighted by atomic mass is 10.2. The van der Waals surface area contributed by atoms with Gasteiger partial charge in [-0.15, -0.1) is 11.3 Å². The lowest BCUT2D eigenvalue weighted by Gasteiger charge is -2.07. The molecule has 28 heavy (non-hydrogen) atoms. The van der Waals surface area contributed by atoms with Crippen LogP contribution < -0.4 is 5.32 Å². The standard InChI is InChI=1S/C21H16N2O3S2/c1-28(25,26)17-11-9-14(10-12-17)20(24)22-16-6-4-5-15(13-16)21-23-18-7-2-3-8-19(18)27-21/h2-13H,1H3,(H,22,24). The van der Waals surface area contributed by atoms with Gasteiger partial charge in [0.2, 0.25) is 0 Å². The van der Waals surface area contributed by atoms with E-state index >= 15 is 0 Å². The summed E-state index contributed by atoms with van der Waals surface area (Å²) in [5, 5.41) is 3.73. The summed E-state index contributed by atoms with van der Waals surface area (Å²) in [6.45, 7) is 0. The van der Waals surface area contributed by atoms with E-state index in [1.807, 2.05) is 42.5 Å². The van der Waals surface area contributed by atoms with E-state index in [-0.39, 0.29) is 10.8 Å². The van der Waals surface area contributed by atoms with E-state index in [0.717, 1.165) is 27.0 Å². The molecule has 0 bridgehead atoms. The van der Waals surface area contributed by atoms with Crippen LogP contribution in [0.4, 0.5) is 5.69 Å². The Bertz CT molecular complexity index is 1240. The van der Waals surface area contributed by atoms with Crippen molar-refractivity contribution >= 4 is 43.0 Å². The maximum absolute atomic E-state index is 12.5. The lowest BCUT2D eigenvalue weighted by molar-refractivity contribution is 0.102. The highest BCUT2D eigenvalue weighted by Crippen LogP contribution is 2.31. The monoisotopic (exact) mass is 408 g/mol. The number of para-hydroxylation sites is 1. The van der Waals surface area contributed by atoms with E-state index in [1.54, 1.807) is 17.4 Å². The van der Waals surface area contributed by atoms with Gasteiger partial charge in [0.1, 0.15) is 5.01 Å². The number of benzene rings is 3. The van der Waals surface area contributed by atoms with Crippen molar-refractivity contribution in [3.8, 4) is 10.6 Å². The van der Waals surface area contributed by atoms with Crippen LogP contribution in [0.5, 0.6) is 0 Å². The minimum absolute atomic E-state index is 0.182. The van der Waals surface area contributed by atoms with E-state index in [9.17, 15) is 13.2 Å². The molecule has 4 aromatic rings. The van der Waals surface area contributed by atoms with Crippen LogP contribution in [0.1, 0.15) is 10.4 Å². The number of rotatable bonds is 4. The first kappa shape index (κ1) is 18.3. The molecule has 1 aromatic heterocycles. The lowest BCUT2D eigenvalue weighted by Crippen LogP contribution is -2.12. The molecular formula is C21H16N2O3S2. The molecule has 1 amide bonds. The van der Waals surface area contributed by atoms with Crippen LogP contribution in [-0.2, 0) is 9.84 Å². The fourth-order valence-electron chi connectivity index (χ4n) is 2.78. The topological polar surface area (TPSA) is 76.1 Å². The molecule has 1 N–H and O–H groups in total. The van der Waals surface area contributed by atoms with Crippen LogP contribution in [0.25, 0.3) is 20.8 Å². The Morgan fingerprint density at radius 1 is 0.964 bits per heavy atom. The summed E-state index contributed by atoms with van der Waals surface area (Å²) in [5.41, 5.74) is 2.90. The number of anilines is 1. The molecule has 0 atom stereocenters. The number of nitrogens with one attached hydrogen (secondary N) is 1. The Hall–Kier alpha value is -3.03. The smallest absolute Gasteiger partial charge is 0.255 e. The van der Waals surface area contributed by atoms with Gasteiger partial charge < -0.3 is 5.32 Å². The highest BCUT2D eigenvalue weighted by Gasteiger charge is 2.11. The predicted octanol–water partition coefficient (Wildman–Crippen LogP) is 4.62. The molecular weight excluding hydrogens is 392 g/mol. The molecule has 1 heterocycles. The predicted molar refractivity (Wildman–Crippen MR) is 113 cm³/mol. The fourth-order valence-corrected chi connectivity index (χ4v) is 4.37. The fraction of sp³-hybridized carbons (Fsp3) is 0.0476. The zero-order chi connectivity index (χ0) is 19.7. The Morgan fingerprint density at radius 3 is 2.43 bits per heavy atom. The SMILES string of the molecule is CS(=O)(=O)c1ccc(C(=O)Nc2cccc(-c3nc4ccccc4s3)c2)cc1. The van der Waals surface area contributed by atoms with Gasteiger partial charge in [-0.05, 0) is 48.5 Å². The Labute approximate surface area is 166 Å². The normalized spacial score (nSPS) is 11.5. The number of sulfone groups is 1. The molecule has 0 aliphatic rings. The summed E-state index contributed by atoms with van der Waals surface area (Å²) in [6.07, 6.45) is 1.13. The number of hydrogen-bond acceptors (Lipinski definition) is 5. The molecule has 0 saturated carbocycles. The van der Waals surface area contributed by atoms with Gasteiger partial charge in [-0.1, -0.05) is 24.3 Å². The second kappa shape index (κ2) is 7.18. The molecule has 0 aliphatic carbocycles. The van der Waals surface area contributed by atoms with Crippen molar-refractivity contribution in [2.75, 3.05) is 11.6 Å². The zero-order valence-electron chi connectivity index (χ0n) is 14.9. The summed E-state index contributed by atoms with van der Waals surface area (Å²) < 4.78 is 24.2. The van der Waals surface area contributed by atoms with Crippen LogP contribution in [0.2, 0.25) is 0 Å². The largest absolute Gasteiger partial charge is 0.322 e. The molecule has 4 rings (SSSR count). The Balaban J connectivity index is 1.57. The molecule has 0 fully saturated rings. The van der Waals surface area contributed by atoms with Crippen molar-refractivity contribution in [2.24, 2.45) is 0 Å². The van der Waals surface area contributed by atoms with Crippen molar-refractivity contribution < 1.29 is 13.2 Å². The van der Waals surface area contributed by atoms with Crippen molar-refractivity contribution in [3.63, 3.8) is 0 Å². The summed E-state index contributed by atoms with van der Waals surface area (Å²) in [4.78, 5) is 17.3. The van der Waals surface area contributed by atoms with Gasteiger partial charge in [-0.25, -0.2) is 13.4 Å². The number of carbonyl (C=O) groups is 1. The van der Waals surface area contributed by atoms with Crippen molar-refractivity contribution in [3.05, 3.63) is 78.4 Å². The van der Waals surface area contributed by atoms with Gasteiger partial charge >= 0.3 is 0 Å². The maximum atomic E-state index is 12.5. The van der Waals surface area contributed by atoms with E-state index in [1.165, 1.54) is 24.3 Å². The molecule has 0 unspecified atom stereocenters. The summed E-state index contributed by atoms with van der Waals surface area (Å²) in [5.74, 6) is -0.304. The molecule has 5 nitrogen and oxygen atoms in total. The van der Waals surface area contributed by atoms with Crippen LogP contribution in [0, 0.1) is 0 Å². The van der Waals surface area contributed by atoms with E-state index < -0.39 is 9.84 Å². The average Bonchev–Trinajstić information content (AvgIpc) is 3.12. The first-order valence-corrected chi connectivity index (χ1v) is 11.2. The maximum Gasteiger partial charge on any atom is 0.255 e. The third kappa shape index (κ3) is 3.81. The van der Waals surface area contributed by atoms with Crippen molar-refractivity contribution in [1.82, 2.24) is 4.98 Å². The molecule has 3 aromatic carbocycles. The number of fused-ring (bicyclic) bond motifs is 1. The van der Waals surface area contributed by atoms with Gasteiger partial charge in [-0.3, -0.25) is 4.79 Å². The number of aromatic nitrogens is 1. The van der Waals surface area contributed by atoms with E-state index in [2.05, 4.69) is 10.3 Å². The molecule has 7 heteroatoms. The highest BCUT2D eigenvalue weighted by atomic mass is 32.2.